The van der Waals surface area contributed by atoms with Crippen molar-refractivity contribution < 1.29 is 14.0 Å². The van der Waals surface area contributed by atoms with Crippen molar-refractivity contribution in [2.45, 2.75) is 52.5 Å². The van der Waals surface area contributed by atoms with Gasteiger partial charge in [-0.3, -0.25) is 14.6 Å². The van der Waals surface area contributed by atoms with Crippen LogP contribution in [-0.2, 0) is 0 Å². The van der Waals surface area contributed by atoms with E-state index in [0.717, 1.165) is 38.8 Å². The topological polar surface area (TPSA) is 62.3 Å². The zero-order chi connectivity index (χ0) is 21.5. The molecule has 2 heterocycles. The van der Waals surface area contributed by atoms with Crippen molar-refractivity contribution in [3.8, 4) is 11.3 Å². The summed E-state index contributed by atoms with van der Waals surface area (Å²) < 4.78 is 14.5. The maximum absolute atomic E-state index is 14.5. The number of halogens is 1. The van der Waals surface area contributed by atoms with Crippen molar-refractivity contribution in [2.24, 2.45) is 5.41 Å². The first-order valence-electron chi connectivity index (χ1n) is 10.6. The van der Waals surface area contributed by atoms with E-state index >= 15 is 0 Å². The molecular weight excluding hydrogens is 381 g/mol. The number of benzene rings is 1. The van der Waals surface area contributed by atoms with E-state index in [1.807, 2.05) is 4.90 Å². The third-order valence-electron chi connectivity index (χ3n) is 5.99. The third-order valence-corrected chi connectivity index (χ3v) is 5.99. The number of likely N-dealkylation sites (tertiary alicyclic amines) is 1. The van der Waals surface area contributed by atoms with Gasteiger partial charge in [0, 0.05) is 36.5 Å². The van der Waals surface area contributed by atoms with Crippen LogP contribution in [0.5, 0.6) is 0 Å². The van der Waals surface area contributed by atoms with Crippen LogP contribution in [0.15, 0.2) is 30.5 Å². The van der Waals surface area contributed by atoms with E-state index in [2.05, 4.69) is 24.1 Å². The van der Waals surface area contributed by atoms with Gasteiger partial charge in [0.1, 0.15) is 5.82 Å². The standard InChI is InChI=1S/C24H28FN3O2/c1-15-19(11-17(12-20(15)25)22(29)27-18-6-7-18)21-8-5-16(13-26-21)23(30)28-10-4-9-24(2,3)14-28/h5,8,11-13,18H,4,6-7,9-10,14H2,1-3H3,(H,27,29). The number of pyridine rings is 1. The molecule has 158 valence electrons. The minimum Gasteiger partial charge on any atom is -0.349 e. The van der Waals surface area contributed by atoms with Crippen molar-refractivity contribution in [3.05, 3.63) is 53.0 Å². The molecule has 30 heavy (non-hydrogen) atoms. The van der Waals surface area contributed by atoms with Crippen LogP contribution in [0, 0.1) is 18.2 Å². The van der Waals surface area contributed by atoms with Crippen molar-refractivity contribution in [2.75, 3.05) is 13.1 Å². The van der Waals surface area contributed by atoms with E-state index in [1.165, 1.54) is 6.07 Å². The van der Waals surface area contributed by atoms with Crippen molar-refractivity contribution in [1.82, 2.24) is 15.2 Å². The molecule has 0 unspecified atom stereocenters. The maximum Gasteiger partial charge on any atom is 0.255 e. The summed E-state index contributed by atoms with van der Waals surface area (Å²) in [6, 6.07) is 6.61. The highest BCUT2D eigenvalue weighted by atomic mass is 19.1. The van der Waals surface area contributed by atoms with Crippen LogP contribution in [0.4, 0.5) is 4.39 Å². The molecule has 2 fully saturated rings. The van der Waals surface area contributed by atoms with Gasteiger partial charge in [-0.1, -0.05) is 13.8 Å². The number of hydrogen-bond acceptors (Lipinski definition) is 3. The van der Waals surface area contributed by atoms with Crippen LogP contribution in [-0.4, -0.2) is 40.8 Å². The first kappa shape index (κ1) is 20.5. The lowest BCUT2D eigenvalue weighted by Gasteiger charge is -2.38. The van der Waals surface area contributed by atoms with Gasteiger partial charge >= 0.3 is 0 Å². The fraction of sp³-hybridized carbons (Fsp3) is 0.458. The molecule has 0 spiro atoms. The van der Waals surface area contributed by atoms with Gasteiger partial charge in [-0.15, -0.1) is 0 Å². The maximum atomic E-state index is 14.5. The van der Waals surface area contributed by atoms with Crippen LogP contribution in [0.1, 0.15) is 65.8 Å². The van der Waals surface area contributed by atoms with E-state index in [9.17, 15) is 14.0 Å². The molecule has 0 bridgehead atoms. The molecule has 0 radical (unpaired) electrons. The SMILES string of the molecule is Cc1c(F)cc(C(=O)NC2CC2)cc1-c1ccc(C(=O)N2CCCC(C)(C)C2)cn1. The van der Waals surface area contributed by atoms with Crippen molar-refractivity contribution in [3.63, 3.8) is 0 Å². The highest BCUT2D eigenvalue weighted by Crippen LogP contribution is 2.30. The number of rotatable bonds is 4. The highest BCUT2D eigenvalue weighted by molar-refractivity contribution is 5.96. The molecule has 1 aliphatic heterocycles. The quantitative estimate of drug-likeness (QED) is 0.817. The van der Waals surface area contributed by atoms with Gasteiger partial charge in [-0.05, 0) is 67.9 Å². The Balaban J connectivity index is 1.57. The summed E-state index contributed by atoms with van der Waals surface area (Å²) >= 11 is 0. The predicted molar refractivity (Wildman–Crippen MR) is 114 cm³/mol. The lowest BCUT2D eigenvalue weighted by atomic mass is 9.84. The molecule has 1 saturated heterocycles. The Hall–Kier alpha value is -2.76. The molecule has 2 amide bonds. The van der Waals surface area contributed by atoms with Crippen LogP contribution < -0.4 is 5.32 Å². The van der Waals surface area contributed by atoms with Gasteiger partial charge in [0.15, 0.2) is 0 Å². The molecule has 1 aromatic carbocycles. The first-order chi connectivity index (χ1) is 14.2. The van der Waals surface area contributed by atoms with E-state index in [4.69, 9.17) is 0 Å². The summed E-state index contributed by atoms with van der Waals surface area (Å²) in [5, 5.41) is 2.89. The van der Waals surface area contributed by atoms with Crippen LogP contribution in [0.3, 0.4) is 0 Å². The fourth-order valence-electron chi connectivity index (χ4n) is 4.03. The molecule has 2 aromatic rings. The summed E-state index contributed by atoms with van der Waals surface area (Å²) in [4.78, 5) is 31.6. The van der Waals surface area contributed by atoms with E-state index in [0.29, 0.717) is 22.4 Å². The zero-order valence-electron chi connectivity index (χ0n) is 17.8. The molecule has 5 nitrogen and oxygen atoms in total. The van der Waals surface area contributed by atoms with E-state index < -0.39 is 5.82 Å². The number of carbonyl (C=O) groups is 2. The van der Waals surface area contributed by atoms with Gasteiger partial charge in [-0.2, -0.15) is 0 Å². The Kier molecular flexibility index (Phi) is 5.35. The Morgan fingerprint density at radius 3 is 2.60 bits per heavy atom. The first-order valence-corrected chi connectivity index (χ1v) is 10.6. The molecule has 4 rings (SSSR count). The average Bonchev–Trinajstić information content (AvgIpc) is 3.52. The number of nitrogens with one attached hydrogen (secondary N) is 1. The second-order valence-corrected chi connectivity index (χ2v) is 9.30. The van der Waals surface area contributed by atoms with Gasteiger partial charge < -0.3 is 10.2 Å². The summed E-state index contributed by atoms with van der Waals surface area (Å²) in [6.07, 6.45) is 5.60. The lowest BCUT2D eigenvalue weighted by molar-refractivity contribution is 0.0583. The molecular formula is C24H28FN3O2. The smallest absolute Gasteiger partial charge is 0.255 e. The highest BCUT2D eigenvalue weighted by Gasteiger charge is 2.30. The van der Waals surface area contributed by atoms with Gasteiger partial charge in [-0.25, -0.2) is 4.39 Å². The van der Waals surface area contributed by atoms with Crippen molar-refractivity contribution in [1.29, 1.82) is 0 Å². The number of nitrogens with zero attached hydrogens (tertiary/aromatic N) is 2. The number of aromatic nitrogens is 1. The molecule has 6 heteroatoms. The van der Waals surface area contributed by atoms with Crippen molar-refractivity contribution >= 4 is 11.8 Å². The second-order valence-electron chi connectivity index (χ2n) is 9.30. The largest absolute Gasteiger partial charge is 0.349 e. The minimum absolute atomic E-state index is 0.0257. The predicted octanol–water partition coefficient (Wildman–Crippen LogP) is 4.35. The Morgan fingerprint density at radius 2 is 1.97 bits per heavy atom. The molecule has 0 atom stereocenters. The molecule has 1 aromatic heterocycles. The van der Waals surface area contributed by atoms with Crippen LogP contribution in [0.25, 0.3) is 11.3 Å². The summed E-state index contributed by atoms with van der Waals surface area (Å²) in [6.45, 7) is 7.52. The minimum atomic E-state index is -0.439. The molecule has 1 saturated carbocycles. The Morgan fingerprint density at radius 1 is 1.20 bits per heavy atom. The zero-order valence-corrected chi connectivity index (χ0v) is 17.8. The van der Waals surface area contributed by atoms with E-state index in [1.54, 1.807) is 31.3 Å². The molecule has 2 aliphatic rings. The normalized spacial score (nSPS) is 18.2. The number of piperidine rings is 1. The molecule has 1 aliphatic carbocycles. The monoisotopic (exact) mass is 409 g/mol. The average molecular weight is 410 g/mol. The Bertz CT molecular complexity index is 981. The lowest BCUT2D eigenvalue weighted by Crippen LogP contribution is -2.43. The van der Waals surface area contributed by atoms with Gasteiger partial charge in [0.25, 0.3) is 11.8 Å². The number of amides is 2. The summed E-state index contributed by atoms with van der Waals surface area (Å²) in [5.74, 6) is -0.731. The number of hydrogen-bond donors (Lipinski definition) is 1. The van der Waals surface area contributed by atoms with Crippen LogP contribution >= 0.6 is 0 Å². The van der Waals surface area contributed by atoms with Crippen LogP contribution in [0.2, 0.25) is 0 Å². The summed E-state index contributed by atoms with van der Waals surface area (Å²) in [5.41, 5.74) is 2.48. The second kappa shape index (κ2) is 7.82. The Labute approximate surface area is 176 Å². The number of carbonyl (C=O) groups excluding carboxylic acids is 2. The van der Waals surface area contributed by atoms with Gasteiger partial charge in [0.2, 0.25) is 0 Å². The third kappa shape index (κ3) is 4.37. The molecule has 1 N–H and O–H groups in total. The van der Waals surface area contributed by atoms with E-state index in [-0.39, 0.29) is 28.8 Å². The van der Waals surface area contributed by atoms with Gasteiger partial charge in [0.05, 0.1) is 11.3 Å². The summed E-state index contributed by atoms with van der Waals surface area (Å²) in [7, 11) is 0. The fourth-order valence-corrected chi connectivity index (χ4v) is 4.03.